The van der Waals surface area contributed by atoms with Gasteiger partial charge in [0.05, 0.1) is 17.8 Å². The molecule has 2 heterocycles. The van der Waals surface area contributed by atoms with Gasteiger partial charge in [0.2, 0.25) is 5.91 Å². The third kappa shape index (κ3) is 4.47. The maximum atomic E-state index is 14.3. The molecule has 2 aromatic carbocycles. The Morgan fingerprint density at radius 2 is 1.87 bits per heavy atom. The number of aromatic amines is 1. The fourth-order valence-corrected chi connectivity index (χ4v) is 3.67. The van der Waals surface area contributed by atoms with Crippen molar-refractivity contribution in [3.8, 4) is 11.3 Å². The molecule has 0 bridgehead atoms. The number of benzene rings is 2. The van der Waals surface area contributed by atoms with Crippen LogP contribution in [-0.2, 0) is 24.8 Å². The standard InChI is InChI=1S/C23H21F3N4O/c1-30-17(9-10-28-30)13-27-21(31)4-2-3-18-19-11-16(25)12-20(26)23(19)29-22(18)14-5-7-15(24)8-6-14/h5-12,29H,2-4,13H2,1H3,(H,27,31). The van der Waals surface area contributed by atoms with Crippen LogP contribution in [0.4, 0.5) is 13.2 Å². The summed E-state index contributed by atoms with van der Waals surface area (Å²) in [7, 11) is 1.80. The van der Waals surface area contributed by atoms with E-state index in [1.807, 2.05) is 6.07 Å². The Morgan fingerprint density at radius 3 is 2.58 bits per heavy atom. The van der Waals surface area contributed by atoms with Crippen molar-refractivity contribution in [2.45, 2.75) is 25.8 Å². The second-order valence-corrected chi connectivity index (χ2v) is 7.37. The lowest BCUT2D eigenvalue weighted by Gasteiger charge is -2.07. The van der Waals surface area contributed by atoms with Gasteiger partial charge in [0.1, 0.15) is 17.5 Å². The molecule has 2 aromatic heterocycles. The number of aromatic nitrogens is 3. The highest BCUT2D eigenvalue weighted by atomic mass is 19.1. The van der Waals surface area contributed by atoms with Gasteiger partial charge in [-0.15, -0.1) is 0 Å². The third-order valence-electron chi connectivity index (χ3n) is 5.28. The van der Waals surface area contributed by atoms with Crippen LogP contribution in [0.2, 0.25) is 0 Å². The van der Waals surface area contributed by atoms with E-state index in [1.165, 1.54) is 18.2 Å². The number of aryl methyl sites for hydroxylation is 2. The number of rotatable bonds is 7. The molecule has 5 nitrogen and oxygen atoms in total. The van der Waals surface area contributed by atoms with Crippen molar-refractivity contribution in [3.63, 3.8) is 0 Å². The number of halogens is 3. The lowest BCUT2D eigenvalue weighted by Crippen LogP contribution is -2.23. The smallest absolute Gasteiger partial charge is 0.220 e. The van der Waals surface area contributed by atoms with Crippen LogP contribution < -0.4 is 5.32 Å². The van der Waals surface area contributed by atoms with Crippen LogP contribution in [0.1, 0.15) is 24.1 Å². The topological polar surface area (TPSA) is 62.7 Å². The van der Waals surface area contributed by atoms with E-state index in [4.69, 9.17) is 0 Å². The number of hydrogen-bond donors (Lipinski definition) is 2. The summed E-state index contributed by atoms with van der Waals surface area (Å²) < 4.78 is 43.3. The lowest BCUT2D eigenvalue weighted by atomic mass is 10.00. The molecule has 4 rings (SSSR count). The molecule has 0 atom stereocenters. The Labute approximate surface area is 176 Å². The molecule has 0 fully saturated rings. The second kappa shape index (κ2) is 8.67. The van der Waals surface area contributed by atoms with Crippen LogP contribution in [0.3, 0.4) is 0 Å². The SMILES string of the molecule is Cn1nccc1CNC(=O)CCCc1c(-c2ccc(F)cc2)[nH]c2c(F)cc(F)cc12. The Bertz CT molecular complexity index is 1230. The molecule has 0 radical (unpaired) electrons. The molecule has 0 aliphatic heterocycles. The maximum absolute atomic E-state index is 14.3. The summed E-state index contributed by atoms with van der Waals surface area (Å²) in [5, 5.41) is 7.32. The van der Waals surface area contributed by atoms with E-state index in [1.54, 1.807) is 30.1 Å². The number of fused-ring (bicyclic) bond motifs is 1. The number of H-pyrrole nitrogens is 1. The quantitative estimate of drug-likeness (QED) is 0.453. The molecule has 160 valence electrons. The average Bonchev–Trinajstić information content (AvgIpc) is 3.31. The maximum Gasteiger partial charge on any atom is 0.220 e. The average molecular weight is 426 g/mol. The highest BCUT2D eigenvalue weighted by Crippen LogP contribution is 2.33. The number of nitrogens with one attached hydrogen (secondary N) is 2. The summed E-state index contributed by atoms with van der Waals surface area (Å²) in [6.45, 7) is 0.375. The van der Waals surface area contributed by atoms with E-state index < -0.39 is 11.6 Å². The van der Waals surface area contributed by atoms with Crippen LogP contribution in [0, 0.1) is 17.5 Å². The molecular weight excluding hydrogens is 405 g/mol. The number of carbonyl (C=O) groups is 1. The van der Waals surface area contributed by atoms with Crippen LogP contribution in [0.15, 0.2) is 48.7 Å². The molecule has 31 heavy (non-hydrogen) atoms. The van der Waals surface area contributed by atoms with Gasteiger partial charge in [0.25, 0.3) is 0 Å². The number of carbonyl (C=O) groups excluding carboxylic acids is 1. The molecule has 2 N–H and O–H groups in total. The van der Waals surface area contributed by atoms with Crippen molar-refractivity contribution in [2.75, 3.05) is 0 Å². The number of hydrogen-bond acceptors (Lipinski definition) is 2. The van der Waals surface area contributed by atoms with Crippen molar-refractivity contribution in [3.05, 3.63) is 77.4 Å². The zero-order valence-electron chi connectivity index (χ0n) is 16.9. The largest absolute Gasteiger partial charge is 0.352 e. The van der Waals surface area contributed by atoms with E-state index in [0.717, 1.165) is 11.8 Å². The summed E-state index contributed by atoms with van der Waals surface area (Å²) >= 11 is 0. The molecule has 0 aliphatic rings. The highest BCUT2D eigenvalue weighted by Gasteiger charge is 2.17. The van der Waals surface area contributed by atoms with Crippen molar-refractivity contribution < 1.29 is 18.0 Å². The first-order valence-electron chi connectivity index (χ1n) is 9.91. The van der Waals surface area contributed by atoms with Crippen LogP contribution in [-0.4, -0.2) is 20.7 Å². The van der Waals surface area contributed by atoms with Gasteiger partial charge in [0, 0.05) is 36.8 Å². The minimum Gasteiger partial charge on any atom is -0.352 e. The van der Waals surface area contributed by atoms with Crippen molar-refractivity contribution in [1.29, 1.82) is 0 Å². The number of nitrogens with zero attached hydrogens (tertiary/aromatic N) is 2. The minimum atomic E-state index is -0.696. The predicted octanol–water partition coefficient (Wildman–Crippen LogP) is 4.62. The minimum absolute atomic E-state index is 0.123. The van der Waals surface area contributed by atoms with Gasteiger partial charge < -0.3 is 10.3 Å². The van der Waals surface area contributed by atoms with Crippen LogP contribution >= 0.6 is 0 Å². The Kier molecular flexibility index (Phi) is 5.79. The van der Waals surface area contributed by atoms with Crippen molar-refractivity contribution in [2.24, 2.45) is 7.05 Å². The third-order valence-corrected chi connectivity index (χ3v) is 5.28. The van der Waals surface area contributed by atoms with E-state index in [0.29, 0.717) is 41.6 Å². The van der Waals surface area contributed by atoms with Crippen LogP contribution in [0.5, 0.6) is 0 Å². The Morgan fingerprint density at radius 1 is 1.10 bits per heavy atom. The zero-order chi connectivity index (χ0) is 22.0. The zero-order valence-corrected chi connectivity index (χ0v) is 16.9. The fraction of sp³-hybridized carbons (Fsp3) is 0.217. The van der Waals surface area contributed by atoms with Crippen LogP contribution in [0.25, 0.3) is 22.2 Å². The van der Waals surface area contributed by atoms with Gasteiger partial charge in [-0.2, -0.15) is 5.10 Å². The molecule has 0 saturated heterocycles. The Hall–Kier alpha value is -3.55. The monoisotopic (exact) mass is 426 g/mol. The molecule has 0 unspecified atom stereocenters. The highest BCUT2D eigenvalue weighted by molar-refractivity contribution is 5.91. The summed E-state index contributed by atoms with van der Waals surface area (Å²) in [6, 6.07) is 9.71. The van der Waals surface area contributed by atoms with E-state index >= 15 is 0 Å². The lowest BCUT2D eigenvalue weighted by molar-refractivity contribution is -0.121. The molecule has 8 heteroatoms. The molecule has 1 amide bonds. The van der Waals surface area contributed by atoms with Gasteiger partial charge in [-0.1, -0.05) is 0 Å². The van der Waals surface area contributed by atoms with Gasteiger partial charge in [-0.25, -0.2) is 13.2 Å². The van der Waals surface area contributed by atoms with Gasteiger partial charge in [-0.3, -0.25) is 9.48 Å². The first-order chi connectivity index (χ1) is 14.9. The van der Waals surface area contributed by atoms with E-state index in [9.17, 15) is 18.0 Å². The fourth-order valence-electron chi connectivity index (χ4n) is 3.67. The normalized spacial score (nSPS) is 11.2. The molecule has 0 saturated carbocycles. The first-order valence-corrected chi connectivity index (χ1v) is 9.91. The molecule has 0 spiro atoms. The predicted molar refractivity (Wildman–Crippen MR) is 112 cm³/mol. The molecular formula is C23H21F3N4O. The summed E-state index contributed by atoms with van der Waals surface area (Å²) in [5.74, 6) is -1.88. The number of amides is 1. The first kappa shape index (κ1) is 20.7. The van der Waals surface area contributed by atoms with E-state index in [2.05, 4.69) is 15.4 Å². The van der Waals surface area contributed by atoms with Gasteiger partial charge in [0.15, 0.2) is 0 Å². The van der Waals surface area contributed by atoms with Gasteiger partial charge in [-0.05, 0) is 60.4 Å². The summed E-state index contributed by atoms with van der Waals surface area (Å²) in [6.07, 6.45) is 2.82. The molecule has 0 aliphatic carbocycles. The second-order valence-electron chi connectivity index (χ2n) is 7.37. The summed E-state index contributed by atoms with van der Waals surface area (Å²) in [5.41, 5.74) is 3.02. The van der Waals surface area contributed by atoms with Crippen molar-refractivity contribution in [1.82, 2.24) is 20.1 Å². The van der Waals surface area contributed by atoms with Crippen molar-refractivity contribution >= 4 is 16.8 Å². The van der Waals surface area contributed by atoms with E-state index in [-0.39, 0.29) is 23.7 Å². The van der Waals surface area contributed by atoms with Gasteiger partial charge >= 0.3 is 0 Å². The Balaban J connectivity index is 1.53. The molecule has 4 aromatic rings. The summed E-state index contributed by atoms with van der Waals surface area (Å²) in [4.78, 5) is 15.2.